The standard InChI is InChI=1S/C52H35N3OS/c1-52-27-11-21-41(39-18-9-19-40-43-29-33-15-5-6-16-34(33)30-45(43)57-47(39)40)48(52)56-44-22-10-20-42(46(44)52)51-54-49(32-13-3-2-4-14-32)53-50(55-51)36-25-26-38-35(28-36)24-23-31-12-7-8-17-37(31)38/h2-20,22-30,41,48H,21H2,1H3/t41-,48?,52?/m1/s1. The lowest BCUT2D eigenvalue weighted by Gasteiger charge is -2.37. The van der Waals surface area contributed by atoms with Gasteiger partial charge < -0.3 is 4.74 Å². The zero-order chi connectivity index (χ0) is 37.7. The Hall–Kier alpha value is -6.69. The lowest BCUT2D eigenvalue weighted by molar-refractivity contribution is 0.142. The molecule has 3 atom stereocenters. The van der Waals surface area contributed by atoms with Crippen molar-refractivity contribution in [3.63, 3.8) is 0 Å². The maximum absolute atomic E-state index is 7.12. The first-order chi connectivity index (χ1) is 28.1. The molecule has 2 aliphatic rings. The van der Waals surface area contributed by atoms with Gasteiger partial charge in [0.2, 0.25) is 0 Å². The molecule has 0 N–H and O–H groups in total. The van der Waals surface area contributed by atoms with Crippen molar-refractivity contribution in [1.82, 2.24) is 15.0 Å². The zero-order valence-corrected chi connectivity index (χ0v) is 32.0. The van der Waals surface area contributed by atoms with E-state index < -0.39 is 5.41 Å². The maximum atomic E-state index is 7.12. The van der Waals surface area contributed by atoms with Crippen LogP contribution in [0, 0.1) is 0 Å². The summed E-state index contributed by atoms with van der Waals surface area (Å²) in [6, 6.07) is 56.3. The number of nitrogens with zero attached hydrogens (tertiary/aromatic N) is 3. The third-order valence-electron chi connectivity index (χ3n) is 12.3. The molecule has 12 rings (SSSR count). The number of fused-ring (bicyclic) bond motifs is 10. The number of benzene rings is 8. The van der Waals surface area contributed by atoms with Crippen molar-refractivity contribution in [2.75, 3.05) is 0 Å². The van der Waals surface area contributed by atoms with Crippen molar-refractivity contribution < 1.29 is 4.74 Å². The van der Waals surface area contributed by atoms with E-state index in [0.717, 1.165) is 39.8 Å². The topological polar surface area (TPSA) is 47.9 Å². The molecule has 1 aliphatic carbocycles. The Labute approximate surface area is 333 Å². The van der Waals surface area contributed by atoms with Crippen LogP contribution < -0.4 is 4.74 Å². The third kappa shape index (κ3) is 5.02. The minimum Gasteiger partial charge on any atom is -0.488 e. The van der Waals surface area contributed by atoms with Crippen molar-refractivity contribution in [2.24, 2.45) is 0 Å². The summed E-state index contributed by atoms with van der Waals surface area (Å²) in [5.41, 5.74) is 4.95. The first-order valence-corrected chi connectivity index (χ1v) is 20.5. The monoisotopic (exact) mass is 749 g/mol. The minimum atomic E-state index is -0.411. The van der Waals surface area contributed by atoms with Crippen LogP contribution in [0.4, 0.5) is 0 Å². The fourth-order valence-corrected chi connectivity index (χ4v) is 10.9. The average molecular weight is 750 g/mol. The summed E-state index contributed by atoms with van der Waals surface area (Å²) in [4.78, 5) is 15.6. The van der Waals surface area contributed by atoms with Crippen molar-refractivity contribution in [3.05, 3.63) is 181 Å². The third-order valence-corrected chi connectivity index (χ3v) is 13.6. The molecule has 8 aromatic carbocycles. The largest absolute Gasteiger partial charge is 0.488 e. The molecule has 0 radical (unpaired) electrons. The van der Waals surface area contributed by atoms with Gasteiger partial charge in [0, 0.05) is 48.3 Å². The maximum Gasteiger partial charge on any atom is 0.164 e. The molecule has 10 aromatic rings. The number of aromatic nitrogens is 3. The van der Waals surface area contributed by atoms with E-state index in [9.17, 15) is 0 Å². The Kier molecular flexibility index (Phi) is 7.08. The quantitative estimate of drug-likeness (QED) is 0.133. The number of rotatable bonds is 4. The molecular weight excluding hydrogens is 715 g/mol. The Morgan fingerprint density at radius 1 is 0.561 bits per heavy atom. The van der Waals surface area contributed by atoms with E-state index in [-0.39, 0.29) is 12.0 Å². The lowest BCUT2D eigenvalue weighted by atomic mass is 9.67. The van der Waals surface area contributed by atoms with Gasteiger partial charge >= 0.3 is 0 Å². The van der Waals surface area contributed by atoms with E-state index in [0.29, 0.717) is 17.5 Å². The highest BCUT2D eigenvalue weighted by molar-refractivity contribution is 7.26. The molecule has 2 unspecified atom stereocenters. The van der Waals surface area contributed by atoms with Crippen LogP contribution in [0.15, 0.2) is 170 Å². The summed E-state index contributed by atoms with van der Waals surface area (Å²) in [7, 11) is 0. The SMILES string of the molecule is CC12C=CC[C@H](c3cccc4c3sc3cc5ccccc5cc34)C1Oc1cccc(-c3nc(-c4ccccc4)nc(-c4ccc5c(ccc6ccccc65)c4)n3)c12. The second-order valence-electron chi connectivity index (χ2n) is 15.7. The molecular formula is C52H35N3OS. The van der Waals surface area contributed by atoms with Crippen LogP contribution in [0.3, 0.4) is 0 Å². The molecule has 270 valence electrons. The molecule has 3 heterocycles. The first kappa shape index (κ1) is 32.5. The first-order valence-electron chi connectivity index (χ1n) is 19.6. The molecule has 0 saturated carbocycles. The molecule has 0 saturated heterocycles. The molecule has 0 fully saturated rings. The van der Waals surface area contributed by atoms with E-state index in [1.54, 1.807) is 0 Å². The van der Waals surface area contributed by atoms with Gasteiger partial charge in [0.15, 0.2) is 17.5 Å². The lowest BCUT2D eigenvalue weighted by Crippen LogP contribution is -2.41. The Morgan fingerprint density at radius 2 is 1.26 bits per heavy atom. The number of thiophene rings is 1. The van der Waals surface area contributed by atoms with Gasteiger partial charge in [0.1, 0.15) is 11.9 Å². The number of hydrogen-bond acceptors (Lipinski definition) is 5. The van der Waals surface area contributed by atoms with Gasteiger partial charge in [0.25, 0.3) is 0 Å². The summed E-state index contributed by atoms with van der Waals surface area (Å²) >= 11 is 1.91. The van der Waals surface area contributed by atoms with Crippen LogP contribution in [-0.2, 0) is 5.41 Å². The molecule has 0 spiro atoms. The van der Waals surface area contributed by atoms with Gasteiger partial charge in [-0.05, 0) is 75.5 Å². The fraction of sp³-hybridized carbons (Fsp3) is 0.0962. The molecule has 1 aliphatic heterocycles. The Bertz CT molecular complexity index is 3300. The van der Waals surface area contributed by atoms with E-state index in [2.05, 4.69) is 159 Å². The van der Waals surface area contributed by atoms with Crippen molar-refractivity contribution >= 4 is 63.8 Å². The van der Waals surface area contributed by atoms with Crippen molar-refractivity contribution in [3.8, 4) is 39.9 Å². The predicted molar refractivity (Wildman–Crippen MR) is 236 cm³/mol. The van der Waals surface area contributed by atoms with Crippen LogP contribution in [0.25, 0.3) is 86.7 Å². The van der Waals surface area contributed by atoms with E-state index in [1.165, 1.54) is 52.7 Å². The molecule has 0 bridgehead atoms. The molecule has 2 aromatic heterocycles. The summed E-state index contributed by atoms with van der Waals surface area (Å²) in [6.07, 6.45) is 5.54. The van der Waals surface area contributed by atoms with Gasteiger partial charge in [-0.3, -0.25) is 0 Å². The van der Waals surface area contributed by atoms with E-state index in [1.807, 2.05) is 29.5 Å². The second kappa shape index (κ2) is 12.4. The fourth-order valence-electron chi connectivity index (χ4n) is 9.62. The highest BCUT2D eigenvalue weighted by Gasteiger charge is 2.51. The summed E-state index contributed by atoms with van der Waals surface area (Å²) in [5.74, 6) is 3.00. The van der Waals surface area contributed by atoms with Crippen molar-refractivity contribution in [1.29, 1.82) is 0 Å². The van der Waals surface area contributed by atoms with Gasteiger partial charge in [-0.15, -0.1) is 11.3 Å². The number of allylic oxidation sites excluding steroid dienone is 1. The normalized spacial score (nSPS) is 18.7. The van der Waals surface area contributed by atoms with Crippen LogP contribution >= 0.6 is 11.3 Å². The molecule has 4 nitrogen and oxygen atoms in total. The smallest absolute Gasteiger partial charge is 0.164 e. The highest BCUT2D eigenvalue weighted by atomic mass is 32.1. The summed E-state index contributed by atoms with van der Waals surface area (Å²) < 4.78 is 9.80. The summed E-state index contributed by atoms with van der Waals surface area (Å²) in [6.45, 7) is 2.33. The summed E-state index contributed by atoms with van der Waals surface area (Å²) in [5, 5.41) is 10.0. The zero-order valence-electron chi connectivity index (χ0n) is 31.2. The van der Waals surface area contributed by atoms with Crippen LogP contribution in [0.5, 0.6) is 5.75 Å². The minimum absolute atomic E-state index is 0.0984. The highest BCUT2D eigenvalue weighted by Crippen LogP contribution is 2.56. The van der Waals surface area contributed by atoms with E-state index in [4.69, 9.17) is 19.7 Å². The number of ether oxygens (including phenoxy) is 1. The molecule has 5 heteroatoms. The van der Waals surface area contributed by atoms with Crippen LogP contribution in [0.1, 0.15) is 30.4 Å². The van der Waals surface area contributed by atoms with Gasteiger partial charge in [-0.2, -0.15) is 0 Å². The van der Waals surface area contributed by atoms with Crippen molar-refractivity contribution in [2.45, 2.75) is 30.8 Å². The van der Waals surface area contributed by atoms with Gasteiger partial charge in [-0.1, -0.05) is 146 Å². The van der Waals surface area contributed by atoms with Crippen LogP contribution in [0.2, 0.25) is 0 Å². The Morgan fingerprint density at radius 3 is 2.14 bits per heavy atom. The Balaban J connectivity index is 0.995. The van der Waals surface area contributed by atoms with Gasteiger partial charge in [-0.25, -0.2) is 15.0 Å². The second-order valence-corrected chi connectivity index (χ2v) is 16.7. The number of hydrogen-bond donors (Lipinski definition) is 0. The molecule has 57 heavy (non-hydrogen) atoms. The molecule has 0 amide bonds. The average Bonchev–Trinajstić information content (AvgIpc) is 3.79. The predicted octanol–water partition coefficient (Wildman–Crippen LogP) is 13.5. The van der Waals surface area contributed by atoms with Crippen LogP contribution in [-0.4, -0.2) is 21.1 Å². The van der Waals surface area contributed by atoms with Gasteiger partial charge in [0.05, 0.1) is 5.41 Å². The van der Waals surface area contributed by atoms with E-state index >= 15 is 0 Å².